The zero-order chi connectivity index (χ0) is 55.9. The summed E-state index contributed by atoms with van der Waals surface area (Å²) in [5.74, 6) is 0.294. The summed E-state index contributed by atoms with van der Waals surface area (Å²) in [6.45, 7) is 13.6. The zero-order valence-electron chi connectivity index (χ0n) is 46.5. The van der Waals surface area contributed by atoms with E-state index in [0.717, 1.165) is 31.3 Å². The molecule has 412 valence electrons. The maximum Gasteiger partial charge on any atom is 0.311 e. The van der Waals surface area contributed by atoms with Crippen molar-refractivity contribution < 1.29 is 33.5 Å². The highest BCUT2D eigenvalue weighted by molar-refractivity contribution is 5.80. The first kappa shape index (κ1) is 61.8. The molecule has 0 aliphatic rings. The molecule has 18 nitrogen and oxygen atoms in total. The van der Waals surface area contributed by atoms with Gasteiger partial charge in [0, 0.05) is 29.3 Å². The first-order valence-corrected chi connectivity index (χ1v) is 26.6. The lowest BCUT2D eigenvalue weighted by Gasteiger charge is -2.34. The number of hydrogen-bond acceptors (Lipinski definition) is 17. The second kappa shape index (κ2) is 33.3. The molecule has 0 spiro atoms. The van der Waals surface area contributed by atoms with Crippen LogP contribution in [0.25, 0.3) is 0 Å². The van der Waals surface area contributed by atoms with Crippen LogP contribution in [-0.2, 0) is 19.1 Å². The van der Waals surface area contributed by atoms with Crippen LogP contribution < -0.4 is 14.4 Å². The number of anilines is 1. The molecule has 0 aliphatic heterocycles. The molecular weight excluding hydrogens is 977 g/mol. The Morgan fingerprint density at radius 1 is 0.532 bits per heavy atom. The Bertz CT molecular complexity index is 2680. The van der Waals surface area contributed by atoms with Gasteiger partial charge < -0.3 is 23.8 Å². The number of nitro groups is 1. The summed E-state index contributed by atoms with van der Waals surface area (Å²) in [7, 11) is 3.98. The van der Waals surface area contributed by atoms with E-state index in [9.17, 15) is 9.59 Å². The molecule has 0 fully saturated rings. The monoisotopic (exact) mass is 1050 g/mol. The van der Waals surface area contributed by atoms with E-state index < -0.39 is 15.8 Å². The fraction of sp³-hybridized carbons (Fsp3) is 0.458. The van der Waals surface area contributed by atoms with Crippen molar-refractivity contribution in [2.24, 2.45) is 51.7 Å². The van der Waals surface area contributed by atoms with Crippen molar-refractivity contribution in [2.75, 3.05) is 52.5 Å². The van der Waals surface area contributed by atoms with Gasteiger partial charge in [-0.25, -0.2) is 0 Å². The average molecular weight is 1060 g/mol. The molecule has 18 heteroatoms. The van der Waals surface area contributed by atoms with E-state index in [1.165, 1.54) is 51.4 Å². The van der Waals surface area contributed by atoms with Gasteiger partial charge in [-0.1, -0.05) is 89.8 Å². The lowest BCUT2D eigenvalue weighted by atomic mass is 9.72. The number of carbonyl (C=O) groups is 2. The van der Waals surface area contributed by atoms with Crippen LogP contribution in [0.15, 0.2) is 156 Å². The van der Waals surface area contributed by atoms with E-state index in [4.69, 9.17) is 29.1 Å². The molecular formula is C59H78N10O8. The number of benzene rings is 5. The minimum absolute atomic E-state index is 0.197. The van der Waals surface area contributed by atoms with Gasteiger partial charge >= 0.3 is 11.9 Å². The lowest BCUT2D eigenvalue weighted by molar-refractivity contribution is -0.445. The second-order valence-electron chi connectivity index (χ2n) is 19.3. The molecule has 5 aromatic carbocycles. The molecule has 5 aromatic rings. The highest BCUT2D eigenvalue weighted by atomic mass is 16.6. The van der Waals surface area contributed by atoms with E-state index >= 15 is 0 Å². The van der Waals surface area contributed by atoms with Crippen LogP contribution in [0.4, 0.5) is 51.2 Å². The van der Waals surface area contributed by atoms with E-state index in [1.807, 2.05) is 113 Å². The minimum Gasteiger partial charge on any atom is -0.494 e. The molecule has 77 heavy (non-hydrogen) atoms. The first-order valence-electron chi connectivity index (χ1n) is 26.6. The number of likely N-dealkylation sites (N-methyl/N-ethyl adjacent to an activating group) is 1. The Hall–Kier alpha value is -7.76. The van der Waals surface area contributed by atoms with Gasteiger partial charge in [-0.3, -0.25) is 19.7 Å². The van der Waals surface area contributed by atoms with Gasteiger partial charge in [-0.2, -0.15) is 30.7 Å². The molecule has 0 aromatic heterocycles. The number of ether oxygens (including phenoxy) is 4. The van der Waals surface area contributed by atoms with Crippen molar-refractivity contribution in [2.45, 2.75) is 119 Å². The highest BCUT2D eigenvalue weighted by Crippen LogP contribution is 2.42. The van der Waals surface area contributed by atoms with Crippen molar-refractivity contribution >= 4 is 63.1 Å². The largest absolute Gasteiger partial charge is 0.494 e. The van der Waals surface area contributed by atoms with Crippen LogP contribution in [0, 0.1) is 20.9 Å². The Morgan fingerprint density at radius 2 is 0.909 bits per heavy atom. The number of carbonyl (C=O) groups excluding carboxylic acids is 2. The maximum absolute atomic E-state index is 13.4. The third-order valence-corrected chi connectivity index (χ3v) is 12.6. The van der Waals surface area contributed by atoms with Crippen molar-refractivity contribution in [3.05, 3.63) is 125 Å². The number of hydrogen-bond donors (Lipinski definition) is 0. The molecule has 0 aliphatic carbocycles. The number of rotatable bonds is 31. The molecule has 0 N–H and O–H groups in total. The van der Waals surface area contributed by atoms with E-state index in [0.29, 0.717) is 83.8 Å². The van der Waals surface area contributed by atoms with Crippen molar-refractivity contribution in [1.29, 1.82) is 0 Å². The third-order valence-electron chi connectivity index (χ3n) is 12.6. The predicted octanol–water partition coefficient (Wildman–Crippen LogP) is 17.9. The molecule has 0 saturated heterocycles. The van der Waals surface area contributed by atoms with Crippen molar-refractivity contribution in [1.82, 2.24) is 0 Å². The van der Waals surface area contributed by atoms with Crippen LogP contribution in [0.1, 0.15) is 119 Å². The summed E-state index contributed by atoms with van der Waals surface area (Å²) in [4.78, 5) is 37.1. The number of azo groups is 4. The van der Waals surface area contributed by atoms with Crippen LogP contribution >= 0.6 is 0 Å². The van der Waals surface area contributed by atoms with E-state index in [1.54, 1.807) is 50.6 Å². The van der Waals surface area contributed by atoms with Gasteiger partial charge in [0.2, 0.25) is 0 Å². The molecule has 1 unspecified atom stereocenters. The van der Waals surface area contributed by atoms with Crippen LogP contribution in [0.2, 0.25) is 0 Å². The molecule has 1 atom stereocenters. The molecule has 0 bridgehead atoms. The first-order chi connectivity index (χ1) is 37.1. The summed E-state index contributed by atoms with van der Waals surface area (Å²) in [5, 5.41) is 43.8. The standard InChI is InChI=1S/C58H75N9O6.CH3NO2/c1-9-12-13-14-15-16-17-18-19-23-39-72-56(69)58(6,10-2)43-57(4,5)55(68)73-40-38-67(11-3)50-36-34-49(35-37-50)64-66-52-42-53(70-7)51(41-54(52)71-8)65-63-48-32-30-47(31-33-48)62-61-46-28-26-45(27-29-46)60-59-44-24-21-20-22-25-44;1-2(3)4/h20-22,24-37,41-42H,9-19,23,38-40,43H2,1-8H3;1H3. The fourth-order valence-electron chi connectivity index (χ4n) is 8.10. The quantitative estimate of drug-likeness (QED) is 0.0135. The topological polar surface area (TPSA) is 216 Å². The van der Waals surface area contributed by atoms with Gasteiger partial charge in [0.25, 0.3) is 0 Å². The molecule has 0 heterocycles. The number of nitrogens with zero attached hydrogens (tertiary/aromatic N) is 10. The zero-order valence-corrected chi connectivity index (χ0v) is 46.5. The predicted molar refractivity (Wildman–Crippen MR) is 303 cm³/mol. The van der Waals surface area contributed by atoms with Gasteiger partial charge in [0.05, 0.1) is 72.3 Å². The normalized spacial score (nSPS) is 12.4. The van der Waals surface area contributed by atoms with Gasteiger partial charge in [0.1, 0.15) is 29.5 Å². The van der Waals surface area contributed by atoms with Gasteiger partial charge in [-0.15, -0.1) is 10.2 Å². The van der Waals surface area contributed by atoms with Gasteiger partial charge in [0.15, 0.2) is 7.05 Å². The molecule has 0 saturated carbocycles. The maximum atomic E-state index is 13.4. The van der Waals surface area contributed by atoms with Crippen molar-refractivity contribution in [3.8, 4) is 11.5 Å². The molecule has 5 rings (SSSR count). The number of unbranched alkanes of at least 4 members (excludes halogenated alkanes) is 9. The third kappa shape index (κ3) is 22.2. The van der Waals surface area contributed by atoms with E-state index in [2.05, 4.69) is 52.7 Å². The fourth-order valence-corrected chi connectivity index (χ4v) is 8.10. The summed E-state index contributed by atoms with van der Waals surface area (Å²) < 4.78 is 22.9. The van der Waals surface area contributed by atoms with Crippen LogP contribution in [-0.4, -0.2) is 64.4 Å². The Kier molecular flexibility index (Phi) is 26.7. The van der Waals surface area contributed by atoms with Crippen LogP contribution in [0.5, 0.6) is 11.5 Å². The number of esters is 2. The Labute approximate surface area is 454 Å². The second-order valence-corrected chi connectivity index (χ2v) is 19.3. The Balaban J connectivity index is 0.00000309. The molecule has 0 amide bonds. The van der Waals surface area contributed by atoms with Gasteiger partial charge in [-0.05, 0) is 132 Å². The number of methoxy groups -OCH3 is 2. The van der Waals surface area contributed by atoms with Crippen LogP contribution in [0.3, 0.4) is 0 Å². The average Bonchev–Trinajstić information content (AvgIpc) is 3.44. The minimum atomic E-state index is -0.876. The SMILES string of the molecule is CCCCCCCCCCCCOC(=O)C(C)(CC)CC(C)(C)C(=O)OCCN(CC)c1ccc(N=Nc2cc(OC)c(N=Nc3ccc(N=Nc4ccc(N=Nc5ccccc5)cc4)cc3)cc2OC)cc1.C[N+](=O)[O-]. The summed E-state index contributed by atoms with van der Waals surface area (Å²) in [6.07, 6.45) is 13.1. The smallest absolute Gasteiger partial charge is 0.311 e. The summed E-state index contributed by atoms with van der Waals surface area (Å²) >= 11 is 0. The summed E-state index contributed by atoms with van der Waals surface area (Å²) in [6, 6.07) is 35.1. The Morgan fingerprint density at radius 3 is 1.31 bits per heavy atom. The van der Waals surface area contributed by atoms with E-state index in [-0.39, 0.29) is 18.5 Å². The highest BCUT2D eigenvalue weighted by Gasteiger charge is 2.43. The lowest BCUT2D eigenvalue weighted by Crippen LogP contribution is -2.39. The molecule has 0 radical (unpaired) electrons. The summed E-state index contributed by atoms with van der Waals surface area (Å²) in [5.41, 5.74) is 4.23. The van der Waals surface area contributed by atoms with Crippen molar-refractivity contribution in [3.63, 3.8) is 0 Å².